The topological polar surface area (TPSA) is 28.2 Å². The van der Waals surface area contributed by atoms with Crippen LogP contribution in [-0.4, -0.2) is 41.0 Å². The van der Waals surface area contributed by atoms with Gasteiger partial charge in [-0.3, -0.25) is 9.88 Å². The van der Waals surface area contributed by atoms with E-state index >= 15 is 0 Å². The minimum absolute atomic E-state index is 0.684. The zero-order valence-electron chi connectivity index (χ0n) is 12.9. The number of hydrogen-bond acceptors (Lipinski definition) is 4. The van der Waals surface area contributed by atoms with E-state index in [1.165, 1.54) is 23.6 Å². The largest absolute Gasteiger partial charge is 0.311 e. The van der Waals surface area contributed by atoms with E-state index in [0.29, 0.717) is 5.92 Å². The second-order valence-electron chi connectivity index (χ2n) is 6.08. The van der Waals surface area contributed by atoms with Gasteiger partial charge in [0, 0.05) is 24.9 Å². The normalized spacial score (nSPS) is 19.1. The number of nitrogens with zero attached hydrogens (tertiary/aromatic N) is 2. The monoisotopic (exact) mass is 293 g/mol. The Balaban J connectivity index is 1.85. The molecule has 0 saturated carbocycles. The molecule has 1 fully saturated rings. The highest BCUT2D eigenvalue weighted by molar-refractivity contribution is 7.99. The highest BCUT2D eigenvalue weighted by Gasteiger charge is 2.20. The molecular weight excluding hydrogens is 266 g/mol. The maximum Gasteiger partial charge on any atom is 0.0547 e. The third-order valence-corrected chi connectivity index (χ3v) is 4.81. The first kappa shape index (κ1) is 15.8. The van der Waals surface area contributed by atoms with Crippen LogP contribution in [0.4, 0.5) is 0 Å². The smallest absolute Gasteiger partial charge is 0.0547 e. The summed E-state index contributed by atoms with van der Waals surface area (Å²) < 4.78 is 0. The zero-order valence-corrected chi connectivity index (χ0v) is 13.7. The van der Waals surface area contributed by atoms with Crippen LogP contribution in [0, 0.1) is 5.92 Å². The van der Waals surface area contributed by atoms with Gasteiger partial charge in [-0.2, -0.15) is 11.8 Å². The fourth-order valence-corrected chi connectivity index (χ4v) is 3.76. The molecule has 1 aromatic heterocycles. The summed E-state index contributed by atoms with van der Waals surface area (Å²) in [5, 5.41) is 3.46. The Morgan fingerprint density at radius 3 is 2.90 bits per heavy atom. The van der Waals surface area contributed by atoms with Crippen LogP contribution in [0.1, 0.15) is 31.7 Å². The lowest BCUT2D eigenvalue weighted by Gasteiger charge is -2.23. The molecule has 2 rings (SSSR count). The van der Waals surface area contributed by atoms with Crippen molar-refractivity contribution in [2.45, 2.75) is 39.4 Å². The number of aromatic nitrogens is 1. The van der Waals surface area contributed by atoms with Crippen molar-refractivity contribution in [1.29, 1.82) is 0 Å². The SMILES string of the molecule is CC(C)CNCc1cccc(CN(C)C2CCSC2)n1. The molecule has 0 aromatic carbocycles. The molecular formula is C16H27N3S. The van der Waals surface area contributed by atoms with E-state index in [1.807, 2.05) is 0 Å². The second-order valence-corrected chi connectivity index (χ2v) is 7.23. The lowest BCUT2D eigenvalue weighted by atomic mass is 10.2. The molecule has 1 atom stereocenters. The fourth-order valence-electron chi connectivity index (χ4n) is 2.46. The predicted octanol–water partition coefficient (Wildman–Crippen LogP) is 2.76. The van der Waals surface area contributed by atoms with Gasteiger partial charge < -0.3 is 5.32 Å². The average Bonchev–Trinajstić information content (AvgIpc) is 2.92. The van der Waals surface area contributed by atoms with E-state index in [2.05, 4.69) is 61.1 Å². The van der Waals surface area contributed by atoms with Crippen molar-refractivity contribution < 1.29 is 0 Å². The standard InChI is InChI=1S/C16H27N3S/c1-13(2)9-17-10-14-5-4-6-15(18-14)11-19(3)16-7-8-20-12-16/h4-6,13,16-17H,7-12H2,1-3H3. The molecule has 0 aliphatic carbocycles. The highest BCUT2D eigenvalue weighted by Crippen LogP contribution is 2.22. The molecule has 0 amide bonds. The average molecular weight is 293 g/mol. The van der Waals surface area contributed by atoms with Crippen molar-refractivity contribution >= 4 is 11.8 Å². The highest BCUT2D eigenvalue weighted by atomic mass is 32.2. The van der Waals surface area contributed by atoms with Crippen LogP contribution < -0.4 is 5.32 Å². The number of nitrogens with one attached hydrogen (secondary N) is 1. The summed E-state index contributed by atoms with van der Waals surface area (Å²) in [6.45, 7) is 7.33. The van der Waals surface area contributed by atoms with Crippen LogP contribution in [-0.2, 0) is 13.1 Å². The van der Waals surface area contributed by atoms with Crippen molar-refractivity contribution in [3.63, 3.8) is 0 Å². The lowest BCUT2D eigenvalue weighted by Crippen LogP contribution is -2.31. The molecule has 1 saturated heterocycles. The first-order chi connectivity index (χ1) is 9.65. The van der Waals surface area contributed by atoms with Gasteiger partial charge in [0.05, 0.1) is 11.4 Å². The summed E-state index contributed by atoms with van der Waals surface area (Å²) in [6.07, 6.45) is 1.32. The molecule has 0 spiro atoms. The molecule has 1 aliphatic heterocycles. The Morgan fingerprint density at radius 1 is 1.40 bits per heavy atom. The Hall–Kier alpha value is -0.580. The van der Waals surface area contributed by atoms with Crippen LogP contribution in [0.2, 0.25) is 0 Å². The predicted molar refractivity (Wildman–Crippen MR) is 88.0 cm³/mol. The quantitative estimate of drug-likeness (QED) is 0.837. The Labute approximate surface area is 127 Å². The molecule has 0 radical (unpaired) electrons. The molecule has 1 unspecified atom stereocenters. The van der Waals surface area contributed by atoms with E-state index in [-0.39, 0.29) is 0 Å². The van der Waals surface area contributed by atoms with E-state index in [1.54, 1.807) is 0 Å². The Kier molecular flexibility index (Phi) is 6.33. The summed E-state index contributed by atoms with van der Waals surface area (Å²) in [4.78, 5) is 7.22. The molecule has 112 valence electrons. The van der Waals surface area contributed by atoms with Crippen molar-refractivity contribution in [1.82, 2.24) is 15.2 Å². The number of thioether (sulfide) groups is 1. The minimum Gasteiger partial charge on any atom is -0.311 e. The number of pyridine rings is 1. The summed E-state index contributed by atoms with van der Waals surface area (Å²) in [5.74, 6) is 3.26. The van der Waals surface area contributed by atoms with E-state index < -0.39 is 0 Å². The van der Waals surface area contributed by atoms with E-state index in [4.69, 9.17) is 4.98 Å². The lowest BCUT2D eigenvalue weighted by molar-refractivity contribution is 0.251. The fraction of sp³-hybridized carbons (Fsp3) is 0.688. The van der Waals surface area contributed by atoms with E-state index in [0.717, 1.165) is 31.4 Å². The van der Waals surface area contributed by atoms with Crippen molar-refractivity contribution in [3.05, 3.63) is 29.6 Å². The number of rotatable bonds is 7. The van der Waals surface area contributed by atoms with Gasteiger partial charge in [0.15, 0.2) is 0 Å². The Bertz CT molecular complexity index is 402. The molecule has 2 heterocycles. The molecule has 1 aromatic rings. The van der Waals surface area contributed by atoms with Crippen LogP contribution in [0.3, 0.4) is 0 Å². The number of hydrogen-bond donors (Lipinski definition) is 1. The first-order valence-electron chi connectivity index (χ1n) is 7.58. The van der Waals surface area contributed by atoms with Gasteiger partial charge in [0.25, 0.3) is 0 Å². The molecule has 3 nitrogen and oxygen atoms in total. The van der Waals surface area contributed by atoms with Gasteiger partial charge in [-0.15, -0.1) is 0 Å². The summed E-state index contributed by atoms with van der Waals surface area (Å²) in [6, 6.07) is 7.11. The van der Waals surface area contributed by atoms with Crippen LogP contribution in [0.15, 0.2) is 18.2 Å². The van der Waals surface area contributed by atoms with Gasteiger partial charge in [0.1, 0.15) is 0 Å². The van der Waals surface area contributed by atoms with Crippen LogP contribution >= 0.6 is 11.8 Å². The zero-order chi connectivity index (χ0) is 14.4. The van der Waals surface area contributed by atoms with E-state index in [9.17, 15) is 0 Å². The Morgan fingerprint density at radius 2 is 2.20 bits per heavy atom. The minimum atomic E-state index is 0.684. The first-order valence-corrected chi connectivity index (χ1v) is 8.74. The van der Waals surface area contributed by atoms with Gasteiger partial charge in [0.2, 0.25) is 0 Å². The molecule has 0 bridgehead atoms. The van der Waals surface area contributed by atoms with Gasteiger partial charge in [-0.1, -0.05) is 19.9 Å². The summed E-state index contributed by atoms with van der Waals surface area (Å²) in [5.41, 5.74) is 2.34. The van der Waals surface area contributed by atoms with Crippen LogP contribution in [0.25, 0.3) is 0 Å². The van der Waals surface area contributed by atoms with Gasteiger partial charge >= 0.3 is 0 Å². The van der Waals surface area contributed by atoms with Crippen molar-refractivity contribution in [2.75, 3.05) is 25.1 Å². The van der Waals surface area contributed by atoms with Crippen molar-refractivity contribution in [2.24, 2.45) is 5.92 Å². The van der Waals surface area contributed by atoms with Crippen molar-refractivity contribution in [3.8, 4) is 0 Å². The third kappa shape index (κ3) is 5.08. The molecule has 1 N–H and O–H groups in total. The molecule has 1 aliphatic rings. The summed E-state index contributed by atoms with van der Waals surface area (Å²) in [7, 11) is 2.22. The van der Waals surface area contributed by atoms with Gasteiger partial charge in [-0.05, 0) is 43.8 Å². The molecule has 20 heavy (non-hydrogen) atoms. The van der Waals surface area contributed by atoms with Gasteiger partial charge in [-0.25, -0.2) is 0 Å². The second kappa shape index (κ2) is 8.01. The third-order valence-electron chi connectivity index (χ3n) is 3.66. The summed E-state index contributed by atoms with van der Waals surface area (Å²) >= 11 is 2.07. The van der Waals surface area contributed by atoms with Crippen LogP contribution in [0.5, 0.6) is 0 Å². The maximum atomic E-state index is 4.77. The maximum absolute atomic E-state index is 4.77. The molecule has 4 heteroatoms.